The molecule has 1 atom stereocenters. The Morgan fingerprint density at radius 2 is 1.58 bits per heavy atom. The average molecular weight is 513 g/mol. The van der Waals surface area contributed by atoms with Gasteiger partial charge in [0.2, 0.25) is 0 Å². The van der Waals surface area contributed by atoms with Crippen LogP contribution in [-0.4, -0.2) is 48.8 Å². The van der Waals surface area contributed by atoms with Gasteiger partial charge >= 0.3 is 0 Å². The largest absolute Gasteiger partial charge is 0.493 e. The summed E-state index contributed by atoms with van der Waals surface area (Å²) < 4.78 is 49.0. The Balaban J connectivity index is 1.46. The standard InChI is InChI=1S/C26H28N2O7S/c1-17(19-7-11-23-25(15-19)35-14-13-34-23)27-26(29)18-5-8-20(9-6-18)28(2)36(30,31)21-10-12-22(32-3)24(16-21)33-4/h5-12,15-17H,13-14H2,1-4H3,(H,27,29)/t17-/m0/s1. The Morgan fingerprint density at radius 3 is 2.25 bits per heavy atom. The van der Waals surface area contributed by atoms with Gasteiger partial charge in [-0.2, -0.15) is 0 Å². The van der Waals surface area contributed by atoms with Crippen LogP contribution in [0.2, 0.25) is 0 Å². The molecule has 3 aromatic rings. The molecule has 0 saturated carbocycles. The quantitative estimate of drug-likeness (QED) is 0.490. The van der Waals surface area contributed by atoms with E-state index in [9.17, 15) is 13.2 Å². The minimum atomic E-state index is -3.87. The van der Waals surface area contributed by atoms with Gasteiger partial charge in [0, 0.05) is 18.7 Å². The van der Waals surface area contributed by atoms with Crippen LogP contribution in [0.3, 0.4) is 0 Å². The number of benzene rings is 3. The molecule has 1 N–H and O–H groups in total. The van der Waals surface area contributed by atoms with Crippen molar-refractivity contribution in [3.63, 3.8) is 0 Å². The highest BCUT2D eigenvalue weighted by Crippen LogP contribution is 2.33. The van der Waals surface area contributed by atoms with E-state index in [1.807, 2.05) is 25.1 Å². The Morgan fingerprint density at radius 1 is 0.917 bits per heavy atom. The zero-order valence-corrected chi connectivity index (χ0v) is 21.3. The lowest BCUT2D eigenvalue weighted by Gasteiger charge is -2.21. The van der Waals surface area contributed by atoms with Gasteiger partial charge in [-0.3, -0.25) is 9.10 Å². The molecule has 0 bridgehead atoms. The number of anilines is 1. The van der Waals surface area contributed by atoms with Crippen molar-refractivity contribution in [1.29, 1.82) is 0 Å². The van der Waals surface area contributed by atoms with Gasteiger partial charge in [0.05, 0.1) is 30.8 Å². The molecule has 0 fully saturated rings. The fourth-order valence-electron chi connectivity index (χ4n) is 3.79. The number of hydrogen-bond acceptors (Lipinski definition) is 7. The van der Waals surface area contributed by atoms with E-state index in [4.69, 9.17) is 18.9 Å². The van der Waals surface area contributed by atoms with Crippen LogP contribution >= 0.6 is 0 Å². The monoisotopic (exact) mass is 512 g/mol. The predicted octanol–water partition coefficient (Wildman–Crippen LogP) is 3.79. The molecule has 0 spiro atoms. The van der Waals surface area contributed by atoms with Crippen molar-refractivity contribution < 1.29 is 32.2 Å². The van der Waals surface area contributed by atoms with Crippen LogP contribution in [0.15, 0.2) is 65.6 Å². The Labute approximate surface area is 210 Å². The van der Waals surface area contributed by atoms with E-state index in [0.717, 1.165) is 9.87 Å². The van der Waals surface area contributed by atoms with Crippen molar-refractivity contribution in [1.82, 2.24) is 5.32 Å². The van der Waals surface area contributed by atoms with Crippen LogP contribution in [0.25, 0.3) is 0 Å². The summed E-state index contributed by atoms with van der Waals surface area (Å²) in [5.41, 5.74) is 1.69. The second kappa shape index (κ2) is 10.4. The Bertz CT molecular complexity index is 1360. The SMILES string of the molecule is COc1ccc(S(=O)(=O)N(C)c2ccc(C(=O)N[C@@H](C)c3ccc4c(c3)OCCO4)cc2)cc1OC. The van der Waals surface area contributed by atoms with Gasteiger partial charge < -0.3 is 24.3 Å². The molecule has 0 unspecified atom stereocenters. The van der Waals surface area contributed by atoms with Gasteiger partial charge in [-0.05, 0) is 61.0 Å². The summed E-state index contributed by atoms with van der Waals surface area (Å²) in [6.07, 6.45) is 0. The zero-order valence-electron chi connectivity index (χ0n) is 20.5. The molecule has 9 nitrogen and oxygen atoms in total. The van der Waals surface area contributed by atoms with E-state index in [1.54, 1.807) is 24.3 Å². The fourth-order valence-corrected chi connectivity index (χ4v) is 5.00. The maximum Gasteiger partial charge on any atom is 0.264 e. The number of nitrogens with one attached hydrogen (secondary N) is 1. The van der Waals surface area contributed by atoms with E-state index in [1.165, 1.54) is 39.5 Å². The Hall–Kier alpha value is -3.92. The average Bonchev–Trinajstić information content (AvgIpc) is 2.91. The first kappa shape index (κ1) is 25.2. The number of methoxy groups -OCH3 is 2. The fraction of sp³-hybridized carbons (Fsp3) is 0.269. The highest BCUT2D eigenvalue weighted by Gasteiger charge is 2.24. The summed E-state index contributed by atoms with van der Waals surface area (Å²) in [6, 6.07) is 16.0. The van der Waals surface area contributed by atoms with Crippen molar-refractivity contribution in [2.24, 2.45) is 0 Å². The topological polar surface area (TPSA) is 103 Å². The van der Waals surface area contributed by atoms with Gasteiger partial charge in [0.1, 0.15) is 13.2 Å². The summed E-state index contributed by atoms with van der Waals surface area (Å²) in [7, 11) is 0.499. The van der Waals surface area contributed by atoms with Gasteiger partial charge in [0.25, 0.3) is 15.9 Å². The highest BCUT2D eigenvalue weighted by molar-refractivity contribution is 7.92. The third kappa shape index (κ3) is 5.03. The number of carbonyl (C=O) groups is 1. The number of sulfonamides is 1. The lowest BCUT2D eigenvalue weighted by molar-refractivity contribution is 0.0939. The molecule has 3 aromatic carbocycles. The summed E-state index contributed by atoms with van der Waals surface area (Å²) >= 11 is 0. The van der Waals surface area contributed by atoms with E-state index in [2.05, 4.69) is 5.32 Å². The second-order valence-electron chi connectivity index (χ2n) is 8.13. The normalized spacial score (nSPS) is 13.4. The molecule has 190 valence electrons. The van der Waals surface area contributed by atoms with Gasteiger partial charge in [-0.15, -0.1) is 0 Å². The summed E-state index contributed by atoms with van der Waals surface area (Å²) in [6.45, 7) is 2.88. The van der Waals surface area contributed by atoms with Crippen molar-refractivity contribution >= 4 is 21.6 Å². The van der Waals surface area contributed by atoms with Crippen molar-refractivity contribution in [2.75, 3.05) is 38.8 Å². The lowest BCUT2D eigenvalue weighted by atomic mass is 10.1. The molecule has 4 rings (SSSR count). The molecule has 1 aliphatic rings. The van der Waals surface area contributed by atoms with Gasteiger partial charge in [-0.1, -0.05) is 6.07 Å². The van der Waals surface area contributed by atoms with Crippen molar-refractivity contribution in [3.05, 3.63) is 71.8 Å². The van der Waals surface area contributed by atoms with Crippen LogP contribution in [0, 0.1) is 0 Å². The zero-order chi connectivity index (χ0) is 25.9. The van der Waals surface area contributed by atoms with Gasteiger partial charge in [-0.25, -0.2) is 8.42 Å². The van der Waals surface area contributed by atoms with Crippen LogP contribution in [0.1, 0.15) is 28.9 Å². The molecule has 36 heavy (non-hydrogen) atoms. The number of fused-ring (bicyclic) bond motifs is 1. The first-order chi connectivity index (χ1) is 17.2. The van der Waals surface area contributed by atoms with E-state index in [-0.39, 0.29) is 16.8 Å². The minimum absolute atomic E-state index is 0.0534. The van der Waals surface area contributed by atoms with E-state index < -0.39 is 10.0 Å². The third-order valence-corrected chi connectivity index (χ3v) is 7.70. The van der Waals surface area contributed by atoms with Crippen LogP contribution in [-0.2, 0) is 10.0 Å². The number of ether oxygens (including phenoxy) is 4. The molecule has 1 amide bonds. The molecule has 0 aliphatic carbocycles. The number of amides is 1. The van der Waals surface area contributed by atoms with Crippen LogP contribution in [0.4, 0.5) is 5.69 Å². The molecule has 0 saturated heterocycles. The first-order valence-corrected chi connectivity index (χ1v) is 12.7. The summed E-state index contributed by atoms with van der Waals surface area (Å²) in [4.78, 5) is 12.9. The molecule has 10 heteroatoms. The first-order valence-electron chi connectivity index (χ1n) is 11.3. The number of hydrogen-bond donors (Lipinski definition) is 1. The van der Waals surface area contributed by atoms with Gasteiger partial charge in [0.15, 0.2) is 23.0 Å². The molecular formula is C26H28N2O7S. The van der Waals surface area contributed by atoms with E-state index >= 15 is 0 Å². The third-order valence-electron chi connectivity index (χ3n) is 5.92. The molecule has 1 aliphatic heterocycles. The van der Waals surface area contributed by atoms with Crippen LogP contribution < -0.4 is 28.6 Å². The molecule has 0 radical (unpaired) electrons. The number of carbonyl (C=O) groups excluding carboxylic acids is 1. The predicted molar refractivity (Wildman–Crippen MR) is 135 cm³/mol. The molecule has 0 aromatic heterocycles. The number of rotatable bonds is 8. The maximum absolute atomic E-state index is 13.2. The maximum atomic E-state index is 13.2. The molecular weight excluding hydrogens is 484 g/mol. The summed E-state index contributed by atoms with van der Waals surface area (Å²) in [5.74, 6) is 1.80. The smallest absolute Gasteiger partial charge is 0.264 e. The lowest BCUT2D eigenvalue weighted by Crippen LogP contribution is -2.28. The number of nitrogens with zero attached hydrogens (tertiary/aromatic N) is 1. The molecule has 1 heterocycles. The second-order valence-corrected chi connectivity index (χ2v) is 10.1. The van der Waals surface area contributed by atoms with Crippen molar-refractivity contribution in [2.45, 2.75) is 17.9 Å². The van der Waals surface area contributed by atoms with Crippen LogP contribution in [0.5, 0.6) is 23.0 Å². The Kier molecular flexibility index (Phi) is 7.25. The summed E-state index contributed by atoms with van der Waals surface area (Å²) in [5, 5.41) is 2.95. The minimum Gasteiger partial charge on any atom is -0.493 e. The van der Waals surface area contributed by atoms with Crippen molar-refractivity contribution in [3.8, 4) is 23.0 Å². The highest BCUT2D eigenvalue weighted by atomic mass is 32.2. The van der Waals surface area contributed by atoms with E-state index in [0.29, 0.717) is 47.5 Å².